The number of aromatic amines is 1. The molecule has 0 saturated carbocycles. The number of pyridine rings is 1. The molecule has 1 spiro atoms. The van der Waals surface area contributed by atoms with Crippen LogP contribution in [0.25, 0.3) is 22.2 Å². The lowest BCUT2D eigenvalue weighted by molar-refractivity contribution is -0.136. The second-order valence-electron chi connectivity index (χ2n) is 17.7. The molecule has 14 nitrogen and oxygen atoms in total. The van der Waals surface area contributed by atoms with Gasteiger partial charge in [-0.05, 0) is 91.7 Å². The highest BCUT2D eigenvalue weighted by molar-refractivity contribution is 7.90. The first-order valence-corrected chi connectivity index (χ1v) is 22.9. The first-order valence-electron chi connectivity index (χ1n) is 21.5. The van der Waals surface area contributed by atoms with Crippen LogP contribution in [0.2, 0.25) is 0 Å². The van der Waals surface area contributed by atoms with Crippen molar-refractivity contribution in [1.82, 2.24) is 29.4 Å². The molecule has 5 aromatic rings. The van der Waals surface area contributed by atoms with Gasteiger partial charge < -0.3 is 19.7 Å². The number of imide groups is 1. The molecule has 0 bridgehead atoms. The number of halogens is 3. The minimum absolute atomic E-state index is 0.00459. The summed E-state index contributed by atoms with van der Waals surface area (Å²) in [6, 6.07) is 16.8. The number of anilines is 2. The molecule has 4 fully saturated rings. The van der Waals surface area contributed by atoms with Gasteiger partial charge in [0.05, 0.1) is 11.3 Å². The average Bonchev–Trinajstić information content (AvgIpc) is 3.97. The van der Waals surface area contributed by atoms with E-state index in [1.807, 2.05) is 41.1 Å². The molecule has 10 rings (SSSR count). The fourth-order valence-corrected chi connectivity index (χ4v) is 11.2. The molecule has 3 amide bonds. The Morgan fingerprint density at radius 1 is 0.938 bits per heavy atom. The Bertz CT molecular complexity index is 2840. The van der Waals surface area contributed by atoms with Crippen molar-refractivity contribution in [3.63, 3.8) is 0 Å². The zero-order chi connectivity index (χ0) is 44.5. The van der Waals surface area contributed by atoms with Crippen molar-refractivity contribution in [1.29, 1.82) is 0 Å². The molecule has 64 heavy (non-hydrogen) atoms. The lowest BCUT2D eigenvalue weighted by Crippen LogP contribution is -2.72. The molecule has 5 aliphatic heterocycles. The minimum atomic E-state index is -4.35. The van der Waals surface area contributed by atoms with E-state index in [1.54, 1.807) is 17.2 Å². The third kappa shape index (κ3) is 7.70. The Labute approximate surface area is 367 Å². The van der Waals surface area contributed by atoms with E-state index in [1.165, 1.54) is 11.8 Å². The van der Waals surface area contributed by atoms with E-state index >= 15 is 8.78 Å². The van der Waals surface area contributed by atoms with E-state index in [4.69, 9.17) is 0 Å². The van der Waals surface area contributed by atoms with E-state index in [2.05, 4.69) is 31.2 Å². The summed E-state index contributed by atoms with van der Waals surface area (Å²) < 4.78 is 73.0. The van der Waals surface area contributed by atoms with Crippen LogP contribution in [0.4, 0.5) is 24.5 Å². The number of carbonyl (C=O) groups is 4. The summed E-state index contributed by atoms with van der Waals surface area (Å²) in [5.41, 5.74) is 4.35. The number of nitrogens with zero attached hydrogens (tertiary/aromatic N) is 5. The van der Waals surface area contributed by atoms with Crippen LogP contribution in [0.1, 0.15) is 69.5 Å². The third-order valence-electron chi connectivity index (χ3n) is 13.3. The first-order chi connectivity index (χ1) is 30.7. The Morgan fingerprint density at radius 3 is 2.48 bits per heavy atom. The van der Waals surface area contributed by atoms with Gasteiger partial charge in [0.15, 0.2) is 5.82 Å². The van der Waals surface area contributed by atoms with Crippen LogP contribution in [-0.2, 0) is 32.8 Å². The Balaban J connectivity index is 0.711. The number of hydrogen-bond donors (Lipinski definition) is 3. The number of fused-ring (bicyclic) bond motifs is 2. The molecule has 4 saturated heterocycles. The predicted molar refractivity (Wildman–Crippen MR) is 231 cm³/mol. The van der Waals surface area contributed by atoms with Crippen LogP contribution >= 0.6 is 0 Å². The Kier molecular flexibility index (Phi) is 10.6. The van der Waals surface area contributed by atoms with Gasteiger partial charge in [-0.25, -0.2) is 18.2 Å². The highest BCUT2D eigenvalue weighted by atomic mass is 32.2. The number of hydrogen-bond acceptors (Lipinski definition) is 9. The highest BCUT2D eigenvalue weighted by Crippen LogP contribution is 2.42. The van der Waals surface area contributed by atoms with Crippen LogP contribution in [0.3, 0.4) is 0 Å². The molecule has 0 unspecified atom stereocenters. The van der Waals surface area contributed by atoms with Gasteiger partial charge in [-0.2, -0.15) is 12.7 Å². The number of aromatic nitrogens is 2. The standard InChI is InChI=1S/C46H45F3N8O6S/c47-31-14-16-56(22-31)64(62,63)53-37-11-10-36(48)40(41(37)49)42(59)35-20-51-43-34(35)18-29(19-50-43)28-5-7-32(8-6-28)55-25-46(26-55)23-54(24-46)15-2-1-3-27-4-9-33-30(17-27)21-57(45(33)61)38-12-13-39(58)52-44(38)60/h4-11,17-20,31,38,53H,1-3,12-16,21-26H2,(H,50,51)(H,52,58,60)/t31-,38-/m1/s1. The number of ketones is 1. The summed E-state index contributed by atoms with van der Waals surface area (Å²) >= 11 is 0. The van der Waals surface area contributed by atoms with Gasteiger partial charge >= 0.3 is 10.2 Å². The molecule has 18 heteroatoms. The van der Waals surface area contributed by atoms with E-state index in [0.29, 0.717) is 35.1 Å². The average molecular weight is 895 g/mol. The fraction of sp³-hybridized carbons (Fsp3) is 0.370. The lowest BCUT2D eigenvalue weighted by atomic mass is 9.72. The summed E-state index contributed by atoms with van der Waals surface area (Å²) in [7, 11) is -4.35. The van der Waals surface area contributed by atoms with Crippen molar-refractivity contribution in [3.8, 4) is 11.1 Å². The molecule has 2 atom stereocenters. The van der Waals surface area contributed by atoms with Crippen molar-refractivity contribution in [2.45, 2.75) is 57.3 Å². The molecule has 5 aliphatic rings. The van der Waals surface area contributed by atoms with E-state index in [9.17, 15) is 32.0 Å². The molecule has 3 N–H and O–H groups in total. The number of rotatable bonds is 13. The molecule has 332 valence electrons. The zero-order valence-corrected chi connectivity index (χ0v) is 35.5. The van der Waals surface area contributed by atoms with Crippen molar-refractivity contribution >= 4 is 56.1 Å². The number of piperidine rings is 1. The molecule has 3 aromatic carbocycles. The van der Waals surface area contributed by atoms with Crippen LogP contribution in [0.5, 0.6) is 0 Å². The van der Waals surface area contributed by atoms with Crippen molar-refractivity contribution < 1.29 is 40.8 Å². The number of H-pyrrole nitrogens is 1. The van der Waals surface area contributed by atoms with Crippen molar-refractivity contribution in [3.05, 3.63) is 113 Å². The van der Waals surface area contributed by atoms with Crippen LogP contribution in [-0.4, -0.2) is 114 Å². The number of alkyl halides is 1. The van der Waals surface area contributed by atoms with Gasteiger partial charge in [-0.3, -0.25) is 29.2 Å². The molecule has 0 radical (unpaired) electrons. The number of carbonyl (C=O) groups excluding carboxylic acids is 4. The van der Waals surface area contributed by atoms with Crippen LogP contribution in [0, 0.1) is 17.0 Å². The zero-order valence-electron chi connectivity index (χ0n) is 34.7. The molecular formula is C46H45F3N8O6S. The smallest absolute Gasteiger partial charge is 0.301 e. The summed E-state index contributed by atoms with van der Waals surface area (Å²) in [5, 5.41) is 2.69. The summed E-state index contributed by atoms with van der Waals surface area (Å²) in [6.07, 6.45) is 5.20. The van der Waals surface area contributed by atoms with Gasteiger partial charge in [-0.15, -0.1) is 0 Å². The monoisotopic (exact) mass is 894 g/mol. The SMILES string of the molecule is O=C1CC[C@@H](N2Cc3cc(CCCCN4CC5(C4)CN(c4ccc(-c6cnc7[nH]cc(C(=O)c8c(F)ccc(NS(=O)(=O)N9CC[C@@H](F)C9)c8F)c7c6)cc4)C5)ccc3C2=O)C(=O)N1. The molecule has 2 aromatic heterocycles. The fourth-order valence-electron chi connectivity index (χ4n) is 9.95. The van der Waals surface area contributed by atoms with Gasteiger partial charge in [-0.1, -0.05) is 24.3 Å². The number of benzene rings is 3. The largest absolute Gasteiger partial charge is 0.370 e. The maximum Gasteiger partial charge on any atom is 0.301 e. The quantitative estimate of drug-likeness (QED) is 0.0803. The summed E-state index contributed by atoms with van der Waals surface area (Å²) in [6.45, 7) is 4.95. The maximum atomic E-state index is 15.7. The van der Waals surface area contributed by atoms with E-state index < -0.39 is 57.0 Å². The van der Waals surface area contributed by atoms with Crippen molar-refractivity contribution in [2.75, 3.05) is 55.4 Å². The minimum Gasteiger partial charge on any atom is -0.370 e. The third-order valence-corrected chi connectivity index (χ3v) is 14.8. The van der Waals surface area contributed by atoms with Crippen molar-refractivity contribution in [2.24, 2.45) is 5.41 Å². The highest BCUT2D eigenvalue weighted by Gasteiger charge is 2.51. The van der Waals surface area contributed by atoms with Gasteiger partial charge in [0, 0.05) is 97.8 Å². The number of aryl methyl sites for hydroxylation is 1. The van der Waals surface area contributed by atoms with E-state index in [0.717, 1.165) is 85.2 Å². The molecular weight excluding hydrogens is 850 g/mol. The second kappa shape index (κ2) is 16.2. The molecule has 7 heterocycles. The Morgan fingerprint density at radius 2 is 1.73 bits per heavy atom. The van der Waals surface area contributed by atoms with Crippen LogP contribution < -0.4 is 14.9 Å². The number of unbranched alkanes of at least 4 members (excludes halogenated alkanes) is 1. The lowest BCUT2D eigenvalue weighted by Gasteiger charge is -2.61. The second-order valence-corrected chi connectivity index (χ2v) is 19.4. The number of likely N-dealkylation sites (tertiary alicyclic amines) is 1. The van der Waals surface area contributed by atoms with Crippen LogP contribution in [0.15, 0.2) is 73.1 Å². The predicted octanol–water partition coefficient (Wildman–Crippen LogP) is 5.35. The summed E-state index contributed by atoms with van der Waals surface area (Å²) in [5.74, 6) is -4.40. The van der Waals surface area contributed by atoms with E-state index in [-0.39, 0.29) is 48.7 Å². The van der Waals surface area contributed by atoms with Gasteiger partial charge in [0.25, 0.3) is 5.91 Å². The van der Waals surface area contributed by atoms with Gasteiger partial charge in [0.1, 0.15) is 23.7 Å². The molecule has 0 aliphatic carbocycles. The Hall–Kier alpha value is -6.11. The first kappa shape index (κ1) is 41.9. The topological polar surface area (TPSA) is 168 Å². The van der Waals surface area contributed by atoms with Gasteiger partial charge in [0.2, 0.25) is 17.6 Å². The summed E-state index contributed by atoms with van der Waals surface area (Å²) in [4.78, 5) is 64.5. The number of nitrogens with one attached hydrogen (secondary N) is 3. The normalized spacial score (nSPS) is 21.0. The maximum absolute atomic E-state index is 15.7. The number of amides is 3.